The summed E-state index contributed by atoms with van der Waals surface area (Å²) in [6, 6.07) is 3.69. The van der Waals surface area contributed by atoms with Crippen molar-refractivity contribution >= 4 is 22.8 Å². The average Bonchev–Trinajstić information content (AvgIpc) is 3.06. The molecule has 3 aromatic rings. The zero-order chi connectivity index (χ0) is 13.1. The molecule has 1 N–H and O–H groups in total. The first-order valence-electron chi connectivity index (χ1n) is 6.08. The van der Waals surface area contributed by atoms with Crippen molar-refractivity contribution in [3.05, 3.63) is 28.2 Å². The molecule has 19 heavy (non-hydrogen) atoms. The zero-order valence-electron chi connectivity index (χ0n) is 10.4. The molecule has 0 aromatic carbocycles. The van der Waals surface area contributed by atoms with E-state index in [1.165, 1.54) is 9.51 Å². The fraction of sp³-hybridized carbons (Fsp3) is 0.364. The van der Waals surface area contributed by atoms with Crippen LogP contribution >= 0.6 is 11.3 Å². The van der Waals surface area contributed by atoms with Crippen molar-refractivity contribution in [1.29, 1.82) is 0 Å². The molecule has 3 rings (SSSR count). The lowest BCUT2D eigenvalue weighted by molar-refractivity contribution is 0.733. The van der Waals surface area contributed by atoms with Crippen molar-refractivity contribution in [2.24, 2.45) is 0 Å². The van der Waals surface area contributed by atoms with Gasteiger partial charge < -0.3 is 5.32 Å². The van der Waals surface area contributed by atoms with Crippen molar-refractivity contribution in [1.82, 2.24) is 30.2 Å². The lowest BCUT2D eigenvalue weighted by Gasteiger charge is -2.03. The standard InChI is InChI=1S/C11H13N7S/c1-2-8-7-13-11(19-8)5-6-12-9-3-4-10-14-16-17-18(10)15-9/h3-4,7H,2,5-6H2,1H3,(H,12,15). The predicted molar refractivity (Wildman–Crippen MR) is 72.3 cm³/mol. The quantitative estimate of drug-likeness (QED) is 0.753. The molecule has 98 valence electrons. The topological polar surface area (TPSA) is 80.9 Å². The van der Waals surface area contributed by atoms with Crippen LogP contribution in [0, 0.1) is 0 Å². The van der Waals surface area contributed by atoms with Crippen LogP contribution in [-0.2, 0) is 12.8 Å². The maximum atomic E-state index is 4.38. The molecule has 0 saturated heterocycles. The number of fused-ring (bicyclic) bond motifs is 1. The largest absolute Gasteiger partial charge is 0.368 e. The van der Waals surface area contributed by atoms with Crippen LogP contribution < -0.4 is 5.32 Å². The SMILES string of the molecule is CCc1cnc(CCNc2ccc3nnnn3n2)s1. The van der Waals surface area contributed by atoms with E-state index in [0.29, 0.717) is 5.65 Å². The van der Waals surface area contributed by atoms with Crippen molar-refractivity contribution in [3.8, 4) is 0 Å². The second-order valence-corrected chi connectivity index (χ2v) is 5.20. The summed E-state index contributed by atoms with van der Waals surface area (Å²) in [5, 5.41) is 19.7. The molecule has 0 radical (unpaired) electrons. The van der Waals surface area contributed by atoms with E-state index in [4.69, 9.17) is 0 Å². The van der Waals surface area contributed by atoms with Crippen LogP contribution in [0.3, 0.4) is 0 Å². The number of thiazole rings is 1. The maximum Gasteiger partial charge on any atom is 0.200 e. The second kappa shape index (κ2) is 5.27. The van der Waals surface area contributed by atoms with Crippen LogP contribution in [-0.4, -0.2) is 36.8 Å². The molecule has 8 heteroatoms. The van der Waals surface area contributed by atoms with Crippen molar-refractivity contribution in [2.45, 2.75) is 19.8 Å². The molecule has 0 aliphatic carbocycles. The Morgan fingerprint density at radius 2 is 2.32 bits per heavy atom. The Balaban J connectivity index is 1.59. The van der Waals surface area contributed by atoms with Crippen molar-refractivity contribution in [2.75, 3.05) is 11.9 Å². The average molecular weight is 275 g/mol. The van der Waals surface area contributed by atoms with Gasteiger partial charge >= 0.3 is 0 Å². The lowest BCUT2D eigenvalue weighted by Crippen LogP contribution is -2.08. The molecule has 0 spiro atoms. The molecule has 0 unspecified atom stereocenters. The molecule has 0 amide bonds. The molecular weight excluding hydrogens is 262 g/mol. The van der Waals surface area contributed by atoms with Gasteiger partial charge in [-0.1, -0.05) is 6.92 Å². The number of nitrogens with one attached hydrogen (secondary N) is 1. The van der Waals surface area contributed by atoms with Gasteiger partial charge in [-0.3, -0.25) is 0 Å². The van der Waals surface area contributed by atoms with Crippen LogP contribution in [0.25, 0.3) is 5.65 Å². The Labute approximate surface area is 113 Å². The summed E-state index contributed by atoms with van der Waals surface area (Å²) in [6.07, 6.45) is 3.88. The van der Waals surface area contributed by atoms with Crippen LogP contribution in [0.5, 0.6) is 0 Å². The summed E-state index contributed by atoms with van der Waals surface area (Å²) in [6.45, 7) is 2.93. The molecule has 3 aromatic heterocycles. The van der Waals surface area contributed by atoms with Gasteiger partial charge in [-0.25, -0.2) is 4.98 Å². The Hall–Kier alpha value is -2.09. The Bertz CT molecular complexity index is 674. The summed E-state index contributed by atoms with van der Waals surface area (Å²) < 4.78 is 1.40. The highest BCUT2D eigenvalue weighted by atomic mass is 32.1. The molecule has 0 bridgehead atoms. The minimum atomic E-state index is 0.637. The molecule has 3 heterocycles. The number of tetrazole rings is 1. The van der Waals surface area contributed by atoms with Gasteiger partial charge in [0.1, 0.15) is 5.82 Å². The van der Waals surface area contributed by atoms with Crippen LogP contribution in [0.1, 0.15) is 16.8 Å². The first-order chi connectivity index (χ1) is 9.35. The first-order valence-corrected chi connectivity index (χ1v) is 6.89. The summed E-state index contributed by atoms with van der Waals surface area (Å²) >= 11 is 1.76. The molecule has 0 atom stereocenters. The van der Waals surface area contributed by atoms with Gasteiger partial charge in [0.15, 0.2) is 5.65 Å². The summed E-state index contributed by atoms with van der Waals surface area (Å²) in [4.78, 5) is 5.70. The van der Waals surface area contributed by atoms with Gasteiger partial charge in [0.25, 0.3) is 0 Å². The number of aromatic nitrogens is 6. The third-order valence-electron chi connectivity index (χ3n) is 2.66. The molecule has 0 aliphatic heterocycles. The summed E-state index contributed by atoms with van der Waals surface area (Å²) in [5.74, 6) is 0.757. The number of hydrogen-bond donors (Lipinski definition) is 1. The summed E-state index contributed by atoms with van der Waals surface area (Å²) in [7, 11) is 0. The second-order valence-electron chi connectivity index (χ2n) is 4.00. The van der Waals surface area contributed by atoms with E-state index in [-0.39, 0.29) is 0 Å². The normalized spacial score (nSPS) is 11.0. The van der Waals surface area contributed by atoms with E-state index >= 15 is 0 Å². The smallest absolute Gasteiger partial charge is 0.200 e. The van der Waals surface area contributed by atoms with Crippen LogP contribution in [0.15, 0.2) is 18.3 Å². The monoisotopic (exact) mass is 275 g/mol. The highest BCUT2D eigenvalue weighted by Gasteiger charge is 2.02. The highest BCUT2D eigenvalue weighted by molar-refractivity contribution is 7.11. The predicted octanol–water partition coefficient (Wildman–Crippen LogP) is 1.19. The number of hydrogen-bond acceptors (Lipinski definition) is 7. The van der Waals surface area contributed by atoms with E-state index in [1.807, 2.05) is 18.3 Å². The third-order valence-corrected chi connectivity index (χ3v) is 3.87. The number of rotatable bonds is 5. The van der Waals surface area contributed by atoms with E-state index in [9.17, 15) is 0 Å². The third kappa shape index (κ3) is 2.68. The fourth-order valence-corrected chi connectivity index (χ4v) is 2.53. The summed E-state index contributed by atoms with van der Waals surface area (Å²) in [5.41, 5.74) is 0.637. The first kappa shape index (κ1) is 12.0. The van der Waals surface area contributed by atoms with E-state index in [2.05, 4.69) is 37.8 Å². The van der Waals surface area contributed by atoms with Gasteiger partial charge in [0.05, 0.1) is 5.01 Å². The Morgan fingerprint density at radius 3 is 3.16 bits per heavy atom. The van der Waals surface area contributed by atoms with E-state index < -0.39 is 0 Å². The number of nitrogens with zero attached hydrogens (tertiary/aromatic N) is 6. The minimum Gasteiger partial charge on any atom is -0.368 e. The highest BCUT2D eigenvalue weighted by Crippen LogP contribution is 2.14. The zero-order valence-corrected chi connectivity index (χ0v) is 11.3. The molecule has 0 saturated carbocycles. The minimum absolute atomic E-state index is 0.637. The number of anilines is 1. The van der Waals surface area contributed by atoms with Gasteiger partial charge in [-0.05, 0) is 29.0 Å². The van der Waals surface area contributed by atoms with Gasteiger partial charge in [-0.15, -0.1) is 26.2 Å². The Kier molecular flexibility index (Phi) is 3.32. The van der Waals surface area contributed by atoms with Crippen molar-refractivity contribution < 1.29 is 0 Å². The molecular formula is C11H13N7S. The van der Waals surface area contributed by atoms with E-state index in [0.717, 1.165) is 30.2 Å². The maximum absolute atomic E-state index is 4.38. The van der Waals surface area contributed by atoms with Gasteiger partial charge in [0, 0.05) is 24.0 Å². The van der Waals surface area contributed by atoms with Crippen molar-refractivity contribution in [3.63, 3.8) is 0 Å². The molecule has 0 aliphatic rings. The van der Waals surface area contributed by atoms with E-state index in [1.54, 1.807) is 11.3 Å². The van der Waals surface area contributed by atoms with Crippen LogP contribution in [0.4, 0.5) is 5.82 Å². The van der Waals surface area contributed by atoms with Crippen LogP contribution in [0.2, 0.25) is 0 Å². The van der Waals surface area contributed by atoms with Gasteiger partial charge in [-0.2, -0.15) is 0 Å². The Morgan fingerprint density at radius 1 is 1.37 bits per heavy atom. The molecule has 0 fully saturated rings. The number of aryl methyl sites for hydroxylation is 1. The molecule has 7 nitrogen and oxygen atoms in total. The fourth-order valence-electron chi connectivity index (χ4n) is 1.67. The van der Waals surface area contributed by atoms with Gasteiger partial charge in [0.2, 0.25) is 0 Å². The lowest BCUT2D eigenvalue weighted by atomic mass is 10.4.